The number of hydrogen-bond donors (Lipinski definition) is 1. The number of hydrogen-bond acceptors (Lipinski definition) is 3. The Balaban J connectivity index is 1.75. The largest absolute Gasteiger partial charge is 0.492 e. The van der Waals surface area contributed by atoms with Crippen LogP contribution in [-0.4, -0.2) is 36.5 Å². The first-order chi connectivity index (χ1) is 10.8. The molecule has 23 heavy (non-hydrogen) atoms. The number of likely N-dealkylation sites (tertiary alicyclic amines) is 1. The molecule has 1 aliphatic rings. The molecule has 0 radical (unpaired) electrons. The molecule has 1 fully saturated rings. The summed E-state index contributed by atoms with van der Waals surface area (Å²) in [5.41, 5.74) is 6.08. The molecule has 4 nitrogen and oxygen atoms in total. The molecule has 1 aliphatic heterocycles. The van der Waals surface area contributed by atoms with Crippen molar-refractivity contribution in [3.63, 3.8) is 0 Å². The van der Waals surface area contributed by atoms with Gasteiger partial charge in [0.1, 0.15) is 5.75 Å². The second kappa shape index (κ2) is 7.73. The topological polar surface area (TPSA) is 55.6 Å². The van der Waals surface area contributed by atoms with Gasteiger partial charge in [0.25, 0.3) is 0 Å². The number of carbonyl (C=O) groups excluding carboxylic acids is 1. The van der Waals surface area contributed by atoms with Crippen LogP contribution in [0.25, 0.3) is 0 Å². The zero-order valence-electron chi connectivity index (χ0n) is 13.6. The van der Waals surface area contributed by atoms with Crippen LogP contribution in [0.1, 0.15) is 33.1 Å². The highest BCUT2D eigenvalue weighted by molar-refractivity contribution is 6.35. The van der Waals surface area contributed by atoms with E-state index in [1.807, 2.05) is 4.90 Å². The molecule has 1 saturated heterocycles. The normalized spacial score (nSPS) is 20.4. The third kappa shape index (κ3) is 5.00. The first kappa shape index (κ1) is 18.4. The lowest BCUT2D eigenvalue weighted by atomic mass is 9.79. The standard InChI is InChI=1S/C17H24Cl2N2O2/c1-17(2)11-21(8-7-15(17)20)16(22)4-3-9-23-14-6-5-12(18)10-13(14)19/h5-6,10,15H,3-4,7-9,11,20H2,1-2H3. The Hall–Kier alpha value is -0.970. The lowest BCUT2D eigenvalue weighted by Gasteiger charge is -2.42. The molecular weight excluding hydrogens is 335 g/mol. The van der Waals surface area contributed by atoms with E-state index >= 15 is 0 Å². The highest BCUT2D eigenvalue weighted by Crippen LogP contribution is 2.29. The number of piperidine rings is 1. The fourth-order valence-corrected chi connectivity index (χ4v) is 3.21. The van der Waals surface area contributed by atoms with E-state index < -0.39 is 0 Å². The number of ether oxygens (including phenoxy) is 1. The van der Waals surface area contributed by atoms with Gasteiger partial charge in [0.05, 0.1) is 11.6 Å². The van der Waals surface area contributed by atoms with Crippen molar-refractivity contribution in [2.45, 2.75) is 39.2 Å². The fourth-order valence-electron chi connectivity index (χ4n) is 2.74. The van der Waals surface area contributed by atoms with E-state index in [9.17, 15) is 4.79 Å². The molecule has 128 valence electrons. The summed E-state index contributed by atoms with van der Waals surface area (Å²) < 4.78 is 5.61. The second-order valence-corrected chi connectivity index (χ2v) is 7.57. The highest BCUT2D eigenvalue weighted by atomic mass is 35.5. The smallest absolute Gasteiger partial charge is 0.222 e. The van der Waals surface area contributed by atoms with Crippen molar-refractivity contribution in [3.05, 3.63) is 28.2 Å². The van der Waals surface area contributed by atoms with Crippen molar-refractivity contribution in [2.24, 2.45) is 11.1 Å². The molecule has 2 rings (SSSR count). The van der Waals surface area contributed by atoms with Gasteiger partial charge in [-0.05, 0) is 36.5 Å². The Morgan fingerprint density at radius 3 is 2.83 bits per heavy atom. The van der Waals surface area contributed by atoms with Crippen molar-refractivity contribution in [2.75, 3.05) is 19.7 Å². The van der Waals surface area contributed by atoms with Crippen molar-refractivity contribution < 1.29 is 9.53 Å². The van der Waals surface area contributed by atoms with E-state index in [2.05, 4.69) is 13.8 Å². The van der Waals surface area contributed by atoms with Gasteiger partial charge in [-0.2, -0.15) is 0 Å². The van der Waals surface area contributed by atoms with Crippen molar-refractivity contribution in [1.29, 1.82) is 0 Å². The molecule has 1 heterocycles. The monoisotopic (exact) mass is 358 g/mol. The van der Waals surface area contributed by atoms with Crippen LogP contribution in [0.4, 0.5) is 0 Å². The number of amides is 1. The van der Waals surface area contributed by atoms with Crippen LogP contribution in [0.2, 0.25) is 10.0 Å². The molecule has 0 bridgehead atoms. The maximum absolute atomic E-state index is 12.3. The summed E-state index contributed by atoms with van der Waals surface area (Å²) in [6.45, 7) is 6.14. The number of nitrogens with two attached hydrogens (primary N) is 1. The van der Waals surface area contributed by atoms with Gasteiger partial charge in [-0.25, -0.2) is 0 Å². The molecule has 1 atom stereocenters. The average molecular weight is 359 g/mol. The number of rotatable bonds is 5. The molecule has 2 N–H and O–H groups in total. The molecule has 1 aromatic rings. The van der Waals surface area contributed by atoms with Crippen LogP contribution in [0, 0.1) is 5.41 Å². The Kier molecular flexibility index (Phi) is 6.18. The Morgan fingerprint density at radius 1 is 1.43 bits per heavy atom. The lowest BCUT2D eigenvalue weighted by Crippen LogP contribution is -2.54. The van der Waals surface area contributed by atoms with Gasteiger partial charge >= 0.3 is 0 Å². The molecule has 0 aromatic heterocycles. The third-order valence-corrected chi connectivity index (χ3v) is 4.88. The summed E-state index contributed by atoms with van der Waals surface area (Å²) in [6.07, 6.45) is 1.98. The molecule has 6 heteroatoms. The number of nitrogens with zero attached hydrogens (tertiary/aromatic N) is 1. The zero-order chi connectivity index (χ0) is 17.0. The molecular formula is C17H24Cl2N2O2. The van der Waals surface area contributed by atoms with Crippen molar-refractivity contribution >= 4 is 29.1 Å². The van der Waals surface area contributed by atoms with Crippen LogP contribution < -0.4 is 10.5 Å². The minimum atomic E-state index is -0.0265. The van der Waals surface area contributed by atoms with E-state index in [4.69, 9.17) is 33.7 Å². The van der Waals surface area contributed by atoms with Gasteiger partial charge in [-0.1, -0.05) is 37.0 Å². The Bertz CT molecular complexity index is 564. The van der Waals surface area contributed by atoms with Gasteiger partial charge < -0.3 is 15.4 Å². The van der Waals surface area contributed by atoms with Crippen LogP contribution in [-0.2, 0) is 4.79 Å². The second-order valence-electron chi connectivity index (χ2n) is 6.73. The predicted octanol–water partition coefficient (Wildman–Crippen LogP) is 3.74. The molecule has 1 amide bonds. The summed E-state index contributed by atoms with van der Waals surface area (Å²) in [5.74, 6) is 0.754. The fraction of sp³-hybridized carbons (Fsp3) is 0.588. The minimum Gasteiger partial charge on any atom is -0.492 e. The maximum Gasteiger partial charge on any atom is 0.222 e. The molecule has 0 saturated carbocycles. The first-order valence-corrected chi connectivity index (χ1v) is 8.66. The van der Waals surface area contributed by atoms with Crippen LogP contribution in [0.5, 0.6) is 5.75 Å². The summed E-state index contributed by atoms with van der Waals surface area (Å²) >= 11 is 11.9. The van der Waals surface area contributed by atoms with Gasteiger partial charge in [0.2, 0.25) is 5.91 Å². The summed E-state index contributed by atoms with van der Waals surface area (Å²) in [5, 5.41) is 1.05. The van der Waals surface area contributed by atoms with Crippen LogP contribution in [0.3, 0.4) is 0 Å². The van der Waals surface area contributed by atoms with Crippen LogP contribution in [0.15, 0.2) is 18.2 Å². The first-order valence-electron chi connectivity index (χ1n) is 7.91. The SMILES string of the molecule is CC1(C)CN(C(=O)CCCOc2ccc(Cl)cc2Cl)CCC1N. The summed E-state index contributed by atoms with van der Waals surface area (Å²) in [7, 11) is 0. The summed E-state index contributed by atoms with van der Waals surface area (Å²) in [4.78, 5) is 14.2. The maximum atomic E-state index is 12.3. The highest BCUT2D eigenvalue weighted by Gasteiger charge is 2.34. The number of benzene rings is 1. The molecule has 0 aliphatic carbocycles. The molecule has 1 unspecified atom stereocenters. The minimum absolute atomic E-state index is 0.0265. The Morgan fingerprint density at radius 2 is 2.17 bits per heavy atom. The van der Waals surface area contributed by atoms with E-state index in [1.165, 1.54) is 0 Å². The Labute approximate surface area is 147 Å². The van der Waals surface area contributed by atoms with Gasteiger partial charge in [-0.15, -0.1) is 0 Å². The van der Waals surface area contributed by atoms with E-state index in [0.29, 0.717) is 35.2 Å². The quantitative estimate of drug-likeness (QED) is 0.815. The third-order valence-electron chi connectivity index (χ3n) is 4.35. The van der Waals surface area contributed by atoms with Gasteiger partial charge in [0.15, 0.2) is 0 Å². The van der Waals surface area contributed by atoms with E-state index in [-0.39, 0.29) is 17.4 Å². The average Bonchev–Trinajstić information content (AvgIpc) is 2.48. The molecule has 0 spiro atoms. The van der Waals surface area contributed by atoms with E-state index in [0.717, 1.165) is 19.5 Å². The summed E-state index contributed by atoms with van der Waals surface area (Å²) in [6, 6.07) is 5.26. The zero-order valence-corrected chi connectivity index (χ0v) is 15.2. The van der Waals surface area contributed by atoms with E-state index in [1.54, 1.807) is 18.2 Å². The van der Waals surface area contributed by atoms with Crippen molar-refractivity contribution in [3.8, 4) is 5.75 Å². The van der Waals surface area contributed by atoms with Crippen molar-refractivity contribution in [1.82, 2.24) is 4.90 Å². The van der Waals surface area contributed by atoms with Gasteiger partial charge in [0, 0.05) is 30.6 Å². The number of carbonyl (C=O) groups is 1. The predicted molar refractivity (Wildman–Crippen MR) is 94.1 cm³/mol. The lowest BCUT2D eigenvalue weighted by molar-refractivity contribution is -0.134. The molecule has 1 aromatic carbocycles. The van der Waals surface area contributed by atoms with Gasteiger partial charge in [-0.3, -0.25) is 4.79 Å². The number of halogens is 2. The van der Waals surface area contributed by atoms with Crippen LogP contribution >= 0.6 is 23.2 Å².